The van der Waals surface area contributed by atoms with E-state index in [0.29, 0.717) is 5.25 Å². The summed E-state index contributed by atoms with van der Waals surface area (Å²) in [4.78, 5) is 5.52. The Labute approximate surface area is 268 Å². The molecule has 5 heteroatoms. The topological polar surface area (TPSA) is 23.8 Å². The average molecular weight is 620 g/mol. The third-order valence-corrected chi connectivity index (χ3v) is 10.5. The fraction of sp³-hybridized carbons (Fsp3) is 0.162. The van der Waals surface area contributed by atoms with E-state index in [4.69, 9.17) is 0 Å². The second kappa shape index (κ2) is 13.5. The van der Waals surface area contributed by atoms with Crippen molar-refractivity contribution in [1.29, 1.82) is 5.26 Å². The molecule has 42 heavy (non-hydrogen) atoms. The first-order valence-electron chi connectivity index (χ1n) is 13.9. The molecule has 5 rings (SSSR count). The number of thioether (sulfide) groups is 2. The second-order valence-corrected chi connectivity index (χ2v) is 15.8. The summed E-state index contributed by atoms with van der Waals surface area (Å²) in [6.45, 7) is 8.82. The van der Waals surface area contributed by atoms with Crippen molar-refractivity contribution in [2.24, 2.45) is 0 Å². The zero-order chi connectivity index (χ0) is 29.7. The van der Waals surface area contributed by atoms with Crippen LogP contribution in [0.25, 0.3) is 22.3 Å². The predicted molar refractivity (Wildman–Crippen MR) is 186 cm³/mol. The van der Waals surface area contributed by atoms with Gasteiger partial charge in [0.05, 0.1) is 5.56 Å². The molecule has 0 fully saturated rings. The first-order valence-corrected chi connectivity index (χ1v) is 16.8. The minimum atomic E-state index is -0.291. The third kappa shape index (κ3) is 7.49. The van der Waals surface area contributed by atoms with Crippen LogP contribution in [0.2, 0.25) is 0 Å². The first kappa shape index (κ1) is 30.4. The molecule has 0 amide bonds. The smallest absolute Gasteiger partial charge is 0.101 e. The fourth-order valence-corrected chi connectivity index (χ4v) is 7.85. The molecule has 0 aromatic heterocycles. The Morgan fingerprint density at radius 1 is 0.643 bits per heavy atom. The molecule has 5 aromatic carbocycles. The molecule has 0 spiro atoms. The standard InChI is InChI=1S/C37H33NS4/c1-25(2)40-31-18-10-27(11-19-31)28-12-20-32(21-13-28)41-36-7-5-6-35(34(36)24-38)37(3,4)42-33-22-14-29(15-23-33)26-8-16-30(39)17-9-26/h5-23,25,39H,1-4H3. The summed E-state index contributed by atoms with van der Waals surface area (Å²) >= 11 is 9.70. The van der Waals surface area contributed by atoms with Gasteiger partial charge < -0.3 is 0 Å². The Kier molecular flexibility index (Phi) is 9.81. The Morgan fingerprint density at radius 2 is 1.12 bits per heavy atom. The van der Waals surface area contributed by atoms with Crippen molar-refractivity contribution in [3.05, 3.63) is 126 Å². The lowest BCUT2D eigenvalue weighted by Crippen LogP contribution is -2.14. The maximum absolute atomic E-state index is 10.3. The van der Waals surface area contributed by atoms with Crippen molar-refractivity contribution in [2.75, 3.05) is 0 Å². The van der Waals surface area contributed by atoms with Gasteiger partial charge in [-0.3, -0.25) is 0 Å². The highest BCUT2D eigenvalue weighted by molar-refractivity contribution is 8.00. The SMILES string of the molecule is CC(C)Sc1ccc(-c2ccc(Sc3cccc(C(C)(C)Sc4ccc(-c5ccc(S)cc5)cc4)c3C#N)cc2)cc1. The summed E-state index contributed by atoms with van der Waals surface area (Å²) in [6, 6.07) is 43.0. The Hall–Kier alpha value is -3.01. The molecule has 0 aliphatic rings. The highest BCUT2D eigenvalue weighted by atomic mass is 32.2. The maximum atomic E-state index is 10.3. The zero-order valence-corrected chi connectivity index (χ0v) is 27.5. The van der Waals surface area contributed by atoms with Crippen LogP contribution in [0.3, 0.4) is 0 Å². The van der Waals surface area contributed by atoms with Gasteiger partial charge in [-0.15, -0.1) is 36.2 Å². The summed E-state index contributed by atoms with van der Waals surface area (Å²) in [5.74, 6) is 0. The highest BCUT2D eigenvalue weighted by Gasteiger charge is 2.27. The second-order valence-electron chi connectivity index (χ2n) is 10.8. The summed E-state index contributed by atoms with van der Waals surface area (Å²) in [7, 11) is 0. The summed E-state index contributed by atoms with van der Waals surface area (Å²) in [6.07, 6.45) is 0. The summed E-state index contributed by atoms with van der Waals surface area (Å²) < 4.78 is -0.291. The van der Waals surface area contributed by atoms with E-state index in [1.807, 2.05) is 23.9 Å². The van der Waals surface area contributed by atoms with Crippen LogP contribution in [0.1, 0.15) is 38.8 Å². The quantitative estimate of drug-likeness (QED) is 0.131. The number of benzene rings is 5. The third-order valence-electron chi connectivity index (χ3n) is 6.86. The molecule has 1 nitrogen and oxygen atoms in total. The zero-order valence-electron chi connectivity index (χ0n) is 24.2. The van der Waals surface area contributed by atoms with Crippen molar-refractivity contribution in [3.63, 3.8) is 0 Å². The van der Waals surface area contributed by atoms with Crippen molar-refractivity contribution in [3.8, 4) is 28.3 Å². The minimum absolute atomic E-state index is 0.291. The van der Waals surface area contributed by atoms with E-state index in [2.05, 4.69) is 150 Å². The molecule has 0 N–H and O–H groups in total. The predicted octanol–water partition coefficient (Wildman–Crippen LogP) is 11.9. The monoisotopic (exact) mass is 619 g/mol. The molecular weight excluding hydrogens is 587 g/mol. The van der Waals surface area contributed by atoms with Crippen LogP contribution in [-0.4, -0.2) is 5.25 Å². The van der Waals surface area contributed by atoms with Gasteiger partial charge in [-0.05, 0) is 96.3 Å². The van der Waals surface area contributed by atoms with Crippen LogP contribution in [0.5, 0.6) is 0 Å². The highest BCUT2D eigenvalue weighted by Crippen LogP contribution is 2.45. The fourth-order valence-electron chi connectivity index (χ4n) is 4.79. The molecular formula is C37H33NS4. The van der Waals surface area contributed by atoms with Gasteiger partial charge in [0, 0.05) is 34.5 Å². The van der Waals surface area contributed by atoms with E-state index in [0.717, 1.165) is 25.8 Å². The van der Waals surface area contributed by atoms with Crippen molar-refractivity contribution in [1.82, 2.24) is 0 Å². The Bertz CT molecular complexity index is 1680. The molecule has 0 atom stereocenters. The number of nitrogens with zero attached hydrogens (tertiary/aromatic N) is 1. The molecule has 0 aliphatic heterocycles. The van der Waals surface area contributed by atoms with Gasteiger partial charge in [0.2, 0.25) is 0 Å². The number of hydrogen-bond acceptors (Lipinski definition) is 5. The van der Waals surface area contributed by atoms with Crippen LogP contribution in [0.15, 0.2) is 140 Å². The Morgan fingerprint density at radius 3 is 1.62 bits per heavy atom. The van der Waals surface area contributed by atoms with Crippen LogP contribution in [0, 0.1) is 11.3 Å². The first-order chi connectivity index (χ1) is 20.2. The molecule has 0 heterocycles. The van der Waals surface area contributed by atoms with E-state index in [-0.39, 0.29) is 4.75 Å². The molecule has 0 aliphatic carbocycles. The minimum Gasteiger partial charge on any atom is -0.192 e. The largest absolute Gasteiger partial charge is 0.192 e. The van der Waals surface area contributed by atoms with Gasteiger partial charge in [-0.2, -0.15) is 5.26 Å². The van der Waals surface area contributed by atoms with Gasteiger partial charge in [-0.1, -0.05) is 86.3 Å². The van der Waals surface area contributed by atoms with E-state index in [9.17, 15) is 5.26 Å². The normalized spacial score (nSPS) is 11.5. The van der Waals surface area contributed by atoms with Gasteiger partial charge in [0.1, 0.15) is 6.07 Å². The van der Waals surface area contributed by atoms with Crippen LogP contribution >= 0.6 is 47.9 Å². The molecule has 0 radical (unpaired) electrons. The van der Waals surface area contributed by atoms with Gasteiger partial charge >= 0.3 is 0 Å². The van der Waals surface area contributed by atoms with E-state index >= 15 is 0 Å². The molecule has 5 aromatic rings. The number of hydrogen-bond donors (Lipinski definition) is 1. The van der Waals surface area contributed by atoms with E-state index in [1.165, 1.54) is 32.0 Å². The van der Waals surface area contributed by atoms with E-state index < -0.39 is 0 Å². The molecule has 0 saturated carbocycles. The van der Waals surface area contributed by atoms with Gasteiger partial charge in [0.25, 0.3) is 0 Å². The van der Waals surface area contributed by atoms with Crippen LogP contribution < -0.4 is 0 Å². The van der Waals surface area contributed by atoms with Crippen LogP contribution in [0.4, 0.5) is 0 Å². The number of rotatable bonds is 9. The average Bonchev–Trinajstić information content (AvgIpc) is 2.98. The lowest BCUT2D eigenvalue weighted by atomic mass is 9.97. The number of nitriles is 1. The van der Waals surface area contributed by atoms with Crippen molar-refractivity contribution >= 4 is 47.9 Å². The summed E-state index contributed by atoms with van der Waals surface area (Å²) in [5.41, 5.74) is 6.54. The van der Waals surface area contributed by atoms with Gasteiger partial charge in [-0.25, -0.2) is 0 Å². The van der Waals surface area contributed by atoms with Crippen molar-refractivity contribution < 1.29 is 0 Å². The molecule has 210 valence electrons. The van der Waals surface area contributed by atoms with Crippen molar-refractivity contribution in [2.45, 2.75) is 62.2 Å². The molecule has 0 unspecified atom stereocenters. The van der Waals surface area contributed by atoms with Crippen LogP contribution in [-0.2, 0) is 4.75 Å². The Balaban J connectivity index is 1.32. The summed E-state index contributed by atoms with van der Waals surface area (Å²) in [5, 5.41) is 10.8. The molecule has 0 bridgehead atoms. The number of thiol groups is 1. The van der Waals surface area contributed by atoms with Gasteiger partial charge in [0.15, 0.2) is 0 Å². The molecule has 0 saturated heterocycles. The maximum Gasteiger partial charge on any atom is 0.101 e. The lowest BCUT2D eigenvalue weighted by molar-refractivity contribution is 0.775. The van der Waals surface area contributed by atoms with E-state index in [1.54, 1.807) is 23.5 Å². The lowest BCUT2D eigenvalue weighted by Gasteiger charge is -2.27.